The number of hydrogen-bond acceptors (Lipinski definition) is 4. The third-order valence-corrected chi connectivity index (χ3v) is 4.89. The topological polar surface area (TPSA) is 71.8 Å². The minimum Gasteiger partial charge on any atom is -0.469 e. The van der Waals surface area contributed by atoms with E-state index in [1.54, 1.807) is 13.2 Å². The Morgan fingerprint density at radius 1 is 1.29 bits per heavy atom. The van der Waals surface area contributed by atoms with E-state index in [1.165, 1.54) is 18.2 Å². The smallest absolute Gasteiger partial charge is 0.308 e. The zero-order chi connectivity index (χ0) is 19.1. The first kappa shape index (κ1) is 22.2. The van der Waals surface area contributed by atoms with Crippen molar-refractivity contribution >= 4 is 35.9 Å². The van der Waals surface area contributed by atoms with Crippen molar-refractivity contribution in [3.05, 3.63) is 53.9 Å². The third kappa shape index (κ3) is 5.95. The third-order valence-electron chi connectivity index (χ3n) is 4.89. The standard InChI is InChI=1S/C20H27N5O2.HI/c1-21-20(24-11-7-18(8-12-24)19(26)27-2)22-14-16-5-3-6-17(13-16)15-25-10-4-9-23-25;/h3-6,9-10,13,18H,7-8,11-12,14-15H2,1-2H3,(H,21,22);1H. The van der Waals surface area contributed by atoms with Gasteiger partial charge < -0.3 is 15.0 Å². The first-order valence-corrected chi connectivity index (χ1v) is 9.28. The lowest BCUT2D eigenvalue weighted by molar-refractivity contribution is -0.146. The second-order valence-electron chi connectivity index (χ2n) is 6.71. The molecule has 0 radical (unpaired) electrons. The summed E-state index contributed by atoms with van der Waals surface area (Å²) in [7, 11) is 3.25. The molecule has 8 heteroatoms. The van der Waals surface area contributed by atoms with E-state index in [-0.39, 0.29) is 35.9 Å². The molecule has 0 spiro atoms. The minimum atomic E-state index is -0.105. The molecule has 1 aromatic carbocycles. The summed E-state index contributed by atoms with van der Waals surface area (Å²) in [5.41, 5.74) is 2.41. The molecule has 0 unspecified atom stereocenters. The van der Waals surface area contributed by atoms with Crippen molar-refractivity contribution < 1.29 is 9.53 Å². The maximum Gasteiger partial charge on any atom is 0.308 e. The van der Waals surface area contributed by atoms with Crippen LogP contribution >= 0.6 is 24.0 Å². The van der Waals surface area contributed by atoms with Crippen molar-refractivity contribution in [1.82, 2.24) is 20.0 Å². The Hall–Kier alpha value is -2.10. The Morgan fingerprint density at radius 2 is 2.04 bits per heavy atom. The number of aliphatic imine (C=N–C) groups is 1. The Bertz CT molecular complexity index is 771. The Morgan fingerprint density at radius 3 is 2.68 bits per heavy atom. The molecule has 0 bridgehead atoms. The summed E-state index contributed by atoms with van der Waals surface area (Å²) in [5, 5.41) is 7.69. The van der Waals surface area contributed by atoms with Gasteiger partial charge in [-0.15, -0.1) is 24.0 Å². The summed E-state index contributed by atoms with van der Waals surface area (Å²) < 4.78 is 6.77. The van der Waals surface area contributed by atoms with Crippen LogP contribution in [0.15, 0.2) is 47.7 Å². The predicted octanol–water partition coefficient (Wildman–Crippen LogP) is 2.51. The van der Waals surface area contributed by atoms with Crippen LogP contribution in [0.4, 0.5) is 0 Å². The molecular formula is C20H28IN5O2. The molecule has 1 saturated heterocycles. The highest BCUT2D eigenvalue weighted by molar-refractivity contribution is 14.0. The molecule has 2 aromatic rings. The molecule has 152 valence electrons. The fraction of sp³-hybridized carbons (Fsp3) is 0.450. The largest absolute Gasteiger partial charge is 0.469 e. The average molecular weight is 497 g/mol. The molecule has 2 heterocycles. The van der Waals surface area contributed by atoms with Gasteiger partial charge in [0.05, 0.1) is 19.6 Å². The number of aromatic nitrogens is 2. The van der Waals surface area contributed by atoms with Crippen LogP contribution in [0.5, 0.6) is 0 Å². The number of carbonyl (C=O) groups excluding carboxylic acids is 1. The number of nitrogens with zero attached hydrogens (tertiary/aromatic N) is 4. The molecule has 1 aliphatic rings. The molecule has 1 aromatic heterocycles. The molecule has 0 atom stereocenters. The number of methoxy groups -OCH3 is 1. The van der Waals surface area contributed by atoms with Gasteiger partial charge in [0.25, 0.3) is 0 Å². The van der Waals surface area contributed by atoms with E-state index in [4.69, 9.17) is 4.74 Å². The van der Waals surface area contributed by atoms with Gasteiger partial charge in [-0.3, -0.25) is 14.5 Å². The van der Waals surface area contributed by atoms with Gasteiger partial charge in [-0.05, 0) is 30.0 Å². The van der Waals surface area contributed by atoms with Crippen molar-refractivity contribution in [1.29, 1.82) is 0 Å². The lowest BCUT2D eigenvalue weighted by Crippen LogP contribution is -2.46. The van der Waals surface area contributed by atoms with Crippen molar-refractivity contribution in [2.24, 2.45) is 10.9 Å². The lowest BCUT2D eigenvalue weighted by Gasteiger charge is -2.33. The highest BCUT2D eigenvalue weighted by Crippen LogP contribution is 2.18. The molecule has 0 saturated carbocycles. The number of piperidine rings is 1. The first-order valence-electron chi connectivity index (χ1n) is 9.28. The number of esters is 1. The summed E-state index contributed by atoms with van der Waals surface area (Å²) in [6.45, 7) is 3.07. The van der Waals surface area contributed by atoms with Crippen LogP contribution in [-0.2, 0) is 22.6 Å². The number of hydrogen-bond donors (Lipinski definition) is 1. The van der Waals surface area contributed by atoms with Crippen LogP contribution in [0.3, 0.4) is 0 Å². The van der Waals surface area contributed by atoms with Gasteiger partial charge in [-0.25, -0.2) is 0 Å². The number of likely N-dealkylation sites (tertiary alicyclic amines) is 1. The van der Waals surface area contributed by atoms with Crippen molar-refractivity contribution in [3.8, 4) is 0 Å². The second kappa shape index (κ2) is 11.0. The van der Waals surface area contributed by atoms with Crippen LogP contribution in [0.1, 0.15) is 24.0 Å². The molecular weight excluding hydrogens is 469 g/mol. The van der Waals surface area contributed by atoms with E-state index >= 15 is 0 Å². The number of halogens is 1. The zero-order valence-corrected chi connectivity index (χ0v) is 18.7. The second-order valence-corrected chi connectivity index (χ2v) is 6.71. The van der Waals surface area contributed by atoms with E-state index in [1.807, 2.05) is 16.9 Å². The van der Waals surface area contributed by atoms with Crippen molar-refractivity contribution in [3.63, 3.8) is 0 Å². The maximum atomic E-state index is 11.7. The fourth-order valence-corrected chi connectivity index (χ4v) is 3.43. The highest BCUT2D eigenvalue weighted by Gasteiger charge is 2.26. The highest BCUT2D eigenvalue weighted by atomic mass is 127. The normalized spacial score (nSPS) is 15.1. The zero-order valence-electron chi connectivity index (χ0n) is 16.4. The SMILES string of the molecule is CN=C(NCc1cccc(Cn2cccn2)c1)N1CCC(C(=O)OC)CC1.I. The maximum absolute atomic E-state index is 11.7. The van der Waals surface area contributed by atoms with Crippen molar-refractivity contribution in [2.45, 2.75) is 25.9 Å². The van der Waals surface area contributed by atoms with Crippen LogP contribution < -0.4 is 5.32 Å². The molecule has 1 N–H and O–H groups in total. The lowest BCUT2D eigenvalue weighted by atomic mass is 9.97. The van der Waals surface area contributed by atoms with Crippen LogP contribution in [0.25, 0.3) is 0 Å². The van der Waals surface area contributed by atoms with Crippen LogP contribution in [0, 0.1) is 5.92 Å². The summed E-state index contributed by atoms with van der Waals surface area (Å²) in [4.78, 5) is 18.3. The molecule has 0 aliphatic carbocycles. The van der Waals surface area contributed by atoms with Gasteiger partial charge in [0.1, 0.15) is 0 Å². The Kier molecular flexibility index (Phi) is 8.75. The van der Waals surface area contributed by atoms with Gasteiger partial charge in [-0.1, -0.05) is 24.3 Å². The number of nitrogens with one attached hydrogen (secondary N) is 1. The van der Waals surface area contributed by atoms with E-state index in [0.717, 1.165) is 38.4 Å². The summed E-state index contributed by atoms with van der Waals surface area (Å²) in [5.74, 6) is 0.769. The van der Waals surface area contributed by atoms with Gasteiger partial charge in [0.2, 0.25) is 0 Å². The monoisotopic (exact) mass is 497 g/mol. The quantitative estimate of drug-likeness (QED) is 0.298. The van der Waals surface area contributed by atoms with E-state index < -0.39 is 0 Å². The van der Waals surface area contributed by atoms with E-state index in [2.05, 4.69) is 44.6 Å². The van der Waals surface area contributed by atoms with Crippen molar-refractivity contribution in [2.75, 3.05) is 27.2 Å². The average Bonchev–Trinajstić information content (AvgIpc) is 3.21. The number of guanidine groups is 1. The Labute approximate surface area is 183 Å². The fourth-order valence-electron chi connectivity index (χ4n) is 3.43. The molecule has 1 fully saturated rings. The first-order chi connectivity index (χ1) is 13.2. The summed E-state index contributed by atoms with van der Waals surface area (Å²) >= 11 is 0. The molecule has 0 amide bonds. The van der Waals surface area contributed by atoms with Gasteiger partial charge >= 0.3 is 5.97 Å². The summed E-state index contributed by atoms with van der Waals surface area (Å²) in [6.07, 6.45) is 5.35. The predicted molar refractivity (Wildman–Crippen MR) is 120 cm³/mol. The van der Waals surface area contributed by atoms with Gasteiger partial charge in [-0.2, -0.15) is 5.10 Å². The van der Waals surface area contributed by atoms with Gasteiger partial charge in [0, 0.05) is 39.1 Å². The minimum absolute atomic E-state index is 0. The number of carbonyl (C=O) groups is 1. The summed E-state index contributed by atoms with van der Waals surface area (Å²) in [6, 6.07) is 10.4. The number of ether oxygens (including phenoxy) is 1. The Balaban J connectivity index is 0.00000280. The molecule has 7 nitrogen and oxygen atoms in total. The molecule has 1 aliphatic heterocycles. The van der Waals surface area contributed by atoms with Crippen LogP contribution in [-0.4, -0.2) is 53.9 Å². The van der Waals surface area contributed by atoms with Crippen LogP contribution in [0.2, 0.25) is 0 Å². The van der Waals surface area contributed by atoms with E-state index in [9.17, 15) is 4.79 Å². The molecule has 28 heavy (non-hydrogen) atoms. The van der Waals surface area contributed by atoms with E-state index in [0.29, 0.717) is 6.54 Å². The van der Waals surface area contributed by atoms with Gasteiger partial charge in [0.15, 0.2) is 5.96 Å². The number of rotatable bonds is 5. The number of benzene rings is 1. The molecule has 3 rings (SSSR count).